The molecule has 0 spiro atoms. The fraction of sp³-hybridized carbons (Fsp3) is 0.300. The second kappa shape index (κ2) is 8.74. The molecule has 3 rings (SSSR count). The molecule has 2 aromatic carbocycles. The number of carbonyl (C=O) groups is 2. The number of hydrogen-bond acceptors (Lipinski definition) is 3. The summed E-state index contributed by atoms with van der Waals surface area (Å²) in [4.78, 5) is 28.7. The van der Waals surface area contributed by atoms with Crippen molar-refractivity contribution in [1.82, 2.24) is 9.80 Å². The Kier molecular flexibility index (Phi) is 6.37. The summed E-state index contributed by atoms with van der Waals surface area (Å²) in [5.41, 5.74) is 2.16. The molecule has 2 aromatic rings. The maximum Gasteiger partial charge on any atom is 0.253 e. The van der Waals surface area contributed by atoms with Crippen LogP contribution < -0.4 is 5.32 Å². The molecule has 0 atom stereocenters. The van der Waals surface area contributed by atoms with Crippen molar-refractivity contribution in [3.63, 3.8) is 0 Å². The highest BCUT2D eigenvalue weighted by Crippen LogP contribution is 2.23. The molecule has 0 radical (unpaired) electrons. The van der Waals surface area contributed by atoms with E-state index < -0.39 is 0 Å². The molecule has 0 bridgehead atoms. The summed E-state index contributed by atoms with van der Waals surface area (Å²) in [6, 6.07) is 12.4. The van der Waals surface area contributed by atoms with E-state index in [0.29, 0.717) is 41.8 Å². The van der Waals surface area contributed by atoms with Gasteiger partial charge in [0, 0.05) is 47.5 Å². The Morgan fingerprint density at radius 3 is 2.44 bits per heavy atom. The third-order valence-electron chi connectivity index (χ3n) is 4.64. The largest absolute Gasteiger partial charge is 0.336 e. The Morgan fingerprint density at radius 2 is 1.74 bits per heavy atom. The van der Waals surface area contributed by atoms with E-state index in [4.69, 9.17) is 23.2 Å². The van der Waals surface area contributed by atoms with Crippen molar-refractivity contribution < 1.29 is 9.59 Å². The van der Waals surface area contributed by atoms with Gasteiger partial charge in [-0.3, -0.25) is 14.5 Å². The zero-order valence-corrected chi connectivity index (χ0v) is 16.6. The van der Waals surface area contributed by atoms with Crippen LogP contribution in [0.4, 0.5) is 5.69 Å². The molecule has 27 heavy (non-hydrogen) atoms. The average molecular weight is 406 g/mol. The highest BCUT2D eigenvalue weighted by molar-refractivity contribution is 6.31. The first kappa shape index (κ1) is 19.7. The van der Waals surface area contributed by atoms with Gasteiger partial charge in [-0.25, -0.2) is 0 Å². The third kappa shape index (κ3) is 5.01. The van der Waals surface area contributed by atoms with Crippen LogP contribution in [0.5, 0.6) is 0 Å². The molecule has 1 fully saturated rings. The van der Waals surface area contributed by atoms with E-state index in [9.17, 15) is 9.59 Å². The first-order valence-corrected chi connectivity index (χ1v) is 9.52. The highest BCUT2D eigenvalue weighted by Gasteiger charge is 2.23. The maximum absolute atomic E-state index is 12.5. The van der Waals surface area contributed by atoms with E-state index in [2.05, 4.69) is 5.32 Å². The molecule has 2 amide bonds. The van der Waals surface area contributed by atoms with Crippen LogP contribution in [0.3, 0.4) is 0 Å². The summed E-state index contributed by atoms with van der Waals surface area (Å²) in [7, 11) is 0. The molecule has 0 saturated carbocycles. The molecule has 5 nitrogen and oxygen atoms in total. The summed E-state index contributed by atoms with van der Waals surface area (Å²) in [5.74, 6) is -0.119. The molecule has 0 aliphatic carbocycles. The second-order valence-electron chi connectivity index (χ2n) is 6.54. The van der Waals surface area contributed by atoms with Gasteiger partial charge >= 0.3 is 0 Å². The molecule has 7 heteroatoms. The lowest BCUT2D eigenvalue weighted by molar-refractivity contribution is -0.117. The summed E-state index contributed by atoms with van der Waals surface area (Å²) < 4.78 is 0. The molecular weight excluding hydrogens is 385 g/mol. The normalized spacial score (nSPS) is 14.9. The Hall–Kier alpha value is -2.08. The first-order chi connectivity index (χ1) is 12.9. The molecule has 1 aliphatic rings. The molecule has 0 aromatic heterocycles. The van der Waals surface area contributed by atoms with Gasteiger partial charge in [0.05, 0.1) is 6.54 Å². The zero-order valence-electron chi connectivity index (χ0n) is 15.0. The van der Waals surface area contributed by atoms with E-state index in [1.807, 2.05) is 24.0 Å². The quantitative estimate of drug-likeness (QED) is 0.843. The lowest BCUT2D eigenvalue weighted by Gasteiger charge is -2.34. The molecular formula is C20H21Cl2N3O2. The third-order valence-corrected chi connectivity index (χ3v) is 5.28. The van der Waals surface area contributed by atoms with Gasteiger partial charge in [0.15, 0.2) is 0 Å². The van der Waals surface area contributed by atoms with Gasteiger partial charge in [0.2, 0.25) is 5.91 Å². The number of rotatable bonds is 4. The number of halogens is 2. The Balaban J connectivity index is 1.51. The van der Waals surface area contributed by atoms with Crippen molar-refractivity contribution in [2.75, 3.05) is 38.0 Å². The monoisotopic (exact) mass is 405 g/mol. The molecule has 142 valence electrons. The summed E-state index contributed by atoms with van der Waals surface area (Å²) >= 11 is 12.1. The number of piperazine rings is 1. The van der Waals surface area contributed by atoms with Crippen molar-refractivity contribution in [3.05, 3.63) is 63.6 Å². The van der Waals surface area contributed by atoms with Gasteiger partial charge in [-0.2, -0.15) is 0 Å². The van der Waals surface area contributed by atoms with Gasteiger partial charge in [-0.15, -0.1) is 0 Å². The summed E-state index contributed by atoms with van der Waals surface area (Å²) in [6.07, 6.45) is 0. The van der Waals surface area contributed by atoms with Crippen LogP contribution in [0.2, 0.25) is 10.0 Å². The fourth-order valence-electron chi connectivity index (χ4n) is 3.05. The van der Waals surface area contributed by atoms with Crippen LogP contribution in [-0.2, 0) is 4.79 Å². The van der Waals surface area contributed by atoms with Crippen LogP contribution >= 0.6 is 23.2 Å². The van der Waals surface area contributed by atoms with Crippen LogP contribution in [0.25, 0.3) is 0 Å². The Labute approximate surface area is 168 Å². The van der Waals surface area contributed by atoms with E-state index >= 15 is 0 Å². The Morgan fingerprint density at radius 1 is 1.04 bits per heavy atom. The van der Waals surface area contributed by atoms with Gasteiger partial charge in [-0.1, -0.05) is 35.3 Å². The highest BCUT2D eigenvalue weighted by atomic mass is 35.5. The molecule has 1 heterocycles. The second-order valence-corrected chi connectivity index (χ2v) is 7.38. The van der Waals surface area contributed by atoms with Crippen molar-refractivity contribution in [2.45, 2.75) is 6.92 Å². The van der Waals surface area contributed by atoms with Crippen LogP contribution in [-0.4, -0.2) is 54.3 Å². The number of nitrogens with zero attached hydrogens (tertiary/aromatic N) is 2. The van der Waals surface area contributed by atoms with Gasteiger partial charge < -0.3 is 10.2 Å². The number of amides is 2. The van der Waals surface area contributed by atoms with Crippen molar-refractivity contribution in [3.8, 4) is 0 Å². The molecule has 1 N–H and O–H groups in total. The number of benzene rings is 2. The minimum absolute atomic E-state index is 0.0313. The lowest BCUT2D eigenvalue weighted by atomic mass is 10.2. The van der Waals surface area contributed by atoms with E-state index in [1.165, 1.54) is 0 Å². The van der Waals surface area contributed by atoms with E-state index in [0.717, 1.165) is 11.3 Å². The van der Waals surface area contributed by atoms with Gasteiger partial charge in [-0.05, 0) is 42.8 Å². The summed E-state index contributed by atoms with van der Waals surface area (Å²) in [5, 5.41) is 4.08. The number of carbonyl (C=O) groups excluding carboxylic acids is 2. The molecule has 1 aliphatic heterocycles. The summed E-state index contributed by atoms with van der Waals surface area (Å²) in [6.45, 7) is 4.61. The Bertz CT molecular complexity index is 849. The van der Waals surface area contributed by atoms with Crippen LogP contribution in [0.1, 0.15) is 15.9 Å². The topological polar surface area (TPSA) is 52.7 Å². The average Bonchev–Trinajstić information content (AvgIpc) is 2.65. The number of anilines is 1. The molecule has 0 unspecified atom stereocenters. The van der Waals surface area contributed by atoms with Crippen LogP contribution in [0, 0.1) is 6.92 Å². The SMILES string of the molecule is Cc1c(Cl)cccc1NC(=O)CN1CCN(C(=O)c2cccc(Cl)c2)CC1. The van der Waals surface area contributed by atoms with Crippen molar-refractivity contribution in [2.24, 2.45) is 0 Å². The number of hydrogen-bond donors (Lipinski definition) is 1. The van der Waals surface area contributed by atoms with Crippen molar-refractivity contribution in [1.29, 1.82) is 0 Å². The van der Waals surface area contributed by atoms with Crippen LogP contribution in [0.15, 0.2) is 42.5 Å². The smallest absolute Gasteiger partial charge is 0.253 e. The maximum atomic E-state index is 12.5. The predicted octanol–water partition coefficient (Wildman–Crippen LogP) is 3.70. The predicted molar refractivity (Wildman–Crippen MR) is 109 cm³/mol. The number of nitrogens with one attached hydrogen (secondary N) is 1. The fourth-order valence-corrected chi connectivity index (χ4v) is 3.41. The van der Waals surface area contributed by atoms with Gasteiger partial charge in [0.25, 0.3) is 5.91 Å². The zero-order chi connectivity index (χ0) is 19.4. The van der Waals surface area contributed by atoms with E-state index in [1.54, 1.807) is 35.2 Å². The van der Waals surface area contributed by atoms with Gasteiger partial charge in [0.1, 0.15) is 0 Å². The standard InChI is InChI=1S/C20H21Cl2N3O2/c1-14-17(22)6-3-7-18(14)23-19(26)13-24-8-10-25(11-9-24)20(27)15-4-2-5-16(21)12-15/h2-7,12H,8-11,13H2,1H3,(H,23,26). The molecule has 1 saturated heterocycles. The van der Waals surface area contributed by atoms with Crippen molar-refractivity contribution >= 4 is 40.7 Å². The minimum atomic E-state index is -0.0880. The van der Waals surface area contributed by atoms with E-state index in [-0.39, 0.29) is 18.4 Å². The lowest BCUT2D eigenvalue weighted by Crippen LogP contribution is -2.50. The minimum Gasteiger partial charge on any atom is -0.336 e. The first-order valence-electron chi connectivity index (χ1n) is 8.76.